The molecule has 0 rings (SSSR count). The third-order valence-electron chi connectivity index (χ3n) is 2.49. The van der Waals surface area contributed by atoms with Crippen molar-refractivity contribution >= 4 is 164 Å². The van der Waals surface area contributed by atoms with Crippen LogP contribution >= 0.6 is 9.56 Å². The average Bonchev–Trinajstić information content (AvgIpc) is 2.60. The fourth-order valence-corrected chi connectivity index (χ4v) is 1.71. The zero-order valence-electron chi connectivity index (χ0n) is 15.1. The first kappa shape index (κ1) is 26.7. The van der Waals surface area contributed by atoms with Crippen molar-refractivity contribution in [2.45, 2.75) is 0 Å². The topological polar surface area (TPSA) is 0 Å². The molecule has 0 fully saturated rings. The van der Waals surface area contributed by atoms with E-state index in [4.69, 9.17) is 6.53 Å². The Hall–Kier alpha value is 1.71. The molecule has 0 unspecified atom stereocenters. The molecular formula is CH5B23S. The molecule has 0 aromatic rings. The molecular weight excluding hydrogens is 293 g/mol. The van der Waals surface area contributed by atoms with E-state index < -0.39 is 0 Å². The molecule has 0 atom stereocenters. The van der Waals surface area contributed by atoms with Gasteiger partial charge in [-0.3, -0.25) is 0 Å². The van der Waals surface area contributed by atoms with E-state index in [0.29, 0.717) is 0 Å². The fourth-order valence-electron chi connectivity index (χ4n) is 1.37. The second-order valence-electron chi connectivity index (χ2n) is 4.73. The molecule has 0 spiro atoms. The molecule has 25 heavy (non-hydrogen) atoms. The summed E-state index contributed by atoms with van der Waals surface area (Å²) < 4.78 is 0. The van der Waals surface area contributed by atoms with Gasteiger partial charge in [0.2, 0.25) is 0 Å². The van der Waals surface area contributed by atoms with Gasteiger partial charge in [0.05, 0.1) is 0 Å². The Balaban J connectivity index is 3.96. The molecule has 0 aromatic carbocycles. The third kappa shape index (κ3) is 25.7. The van der Waals surface area contributed by atoms with Gasteiger partial charge in [-0.2, -0.15) is 0 Å². The maximum absolute atomic E-state index is 5.62. The summed E-state index contributed by atoms with van der Waals surface area (Å²) in [6.07, 6.45) is 1.97. The number of rotatable bonds is 10. The molecule has 0 amide bonds. The van der Waals surface area contributed by atoms with Gasteiger partial charge >= 0.3 is 170 Å². The SMILES string of the molecule is B#S(C)=BB=BB=BB=BB=BB=BB=BB=BB=BB=BB=BB. The van der Waals surface area contributed by atoms with Gasteiger partial charge in [0.15, 0.2) is 0 Å². The Kier molecular flexibility index (Phi) is 25.4. The van der Waals surface area contributed by atoms with E-state index >= 15 is 0 Å². The Labute approximate surface area is 169 Å². The van der Waals surface area contributed by atoms with Crippen molar-refractivity contribution in [2.24, 2.45) is 0 Å². The van der Waals surface area contributed by atoms with E-state index in [9.17, 15) is 0 Å². The van der Waals surface area contributed by atoms with Gasteiger partial charge in [0.1, 0.15) is 0 Å². The van der Waals surface area contributed by atoms with Crippen LogP contribution in [0.4, 0.5) is 0 Å². The Bertz CT molecular complexity index is 756. The Morgan fingerprint density at radius 2 is 0.720 bits per heavy atom. The molecule has 0 saturated carbocycles. The van der Waals surface area contributed by atoms with Gasteiger partial charge in [-0.05, 0) is 0 Å². The molecule has 0 radical (unpaired) electrons. The minimum absolute atomic E-state index is 0.135. The van der Waals surface area contributed by atoms with Gasteiger partial charge in [-0.15, -0.1) is 0 Å². The van der Waals surface area contributed by atoms with E-state index in [1.54, 1.807) is 0 Å². The molecule has 84 valence electrons. The van der Waals surface area contributed by atoms with E-state index in [2.05, 4.69) is 0 Å². The van der Waals surface area contributed by atoms with Crippen LogP contribution in [0.25, 0.3) is 0 Å². The molecule has 0 bridgehead atoms. The molecule has 0 heterocycles. The van der Waals surface area contributed by atoms with Crippen LogP contribution < -0.4 is 0 Å². The monoisotopic (exact) mass is 302 g/mol. The van der Waals surface area contributed by atoms with Gasteiger partial charge in [-0.25, -0.2) is 0 Å². The van der Waals surface area contributed by atoms with Gasteiger partial charge in [0.25, 0.3) is 0 Å². The molecule has 0 aromatic heterocycles. The summed E-state index contributed by atoms with van der Waals surface area (Å²) in [4.78, 5) is 0. The average molecular weight is 298 g/mol. The fraction of sp³-hybridized carbons (Fsp3) is 1.00. The summed E-state index contributed by atoms with van der Waals surface area (Å²) >= 11 is 0. The van der Waals surface area contributed by atoms with Crippen LogP contribution in [0.15, 0.2) is 0 Å². The summed E-state index contributed by atoms with van der Waals surface area (Å²) in [7, 11) is 1.86. The first-order valence-electron chi connectivity index (χ1n) is 8.12. The number of hydrogen-bond acceptors (Lipinski definition) is 0. The van der Waals surface area contributed by atoms with Crippen molar-refractivity contribution in [1.82, 2.24) is 0 Å². The predicted octanol–water partition coefficient (Wildman–Crippen LogP) is -8.48. The van der Waals surface area contributed by atoms with E-state index in [-0.39, 0.29) is 9.56 Å². The van der Waals surface area contributed by atoms with Crippen LogP contribution in [0, 0.1) is 0 Å². The van der Waals surface area contributed by atoms with Gasteiger partial charge in [-0.1, -0.05) is 0 Å². The number of hydrogen-bond donors (Lipinski definition) is 0. The molecule has 0 saturated heterocycles. The zero-order chi connectivity index (χ0) is 18.4. The quantitative estimate of drug-likeness (QED) is 0.352. The van der Waals surface area contributed by atoms with Crippen LogP contribution in [0.5, 0.6) is 0 Å². The van der Waals surface area contributed by atoms with Crippen molar-refractivity contribution < 1.29 is 0 Å². The second-order valence-corrected chi connectivity index (χ2v) is 6.22. The molecule has 0 aliphatic rings. The summed E-state index contributed by atoms with van der Waals surface area (Å²) in [6, 6.07) is 1.97. The van der Waals surface area contributed by atoms with E-state index in [1.807, 2.05) is 154 Å². The van der Waals surface area contributed by atoms with Crippen molar-refractivity contribution in [3.63, 3.8) is 0 Å². The summed E-state index contributed by atoms with van der Waals surface area (Å²) in [6.45, 7) is 45.4. The first-order chi connectivity index (χ1) is 12.3. The Morgan fingerprint density at radius 3 is 0.960 bits per heavy atom. The second kappa shape index (κ2) is 23.8. The maximum atomic E-state index is 5.62. The van der Waals surface area contributed by atoms with Crippen LogP contribution in [0.2, 0.25) is 0 Å². The zero-order valence-corrected chi connectivity index (χ0v) is 15.9. The summed E-state index contributed by atoms with van der Waals surface area (Å²) in [5.74, 6) is 0. The molecule has 0 aliphatic carbocycles. The van der Waals surface area contributed by atoms with Crippen molar-refractivity contribution in [1.29, 1.82) is 0 Å². The predicted molar refractivity (Wildman–Crippen MR) is 149 cm³/mol. The van der Waals surface area contributed by atoms with Crippen molar-refractivity contribution in [3.8, 4) is 0 Å². The van der Waals surface area contributed by atoms with Crippen LogP contribution in [-0.4, -0.2) is 160 Å². The molecule has 24 heteroatoms. The summed E-state index contributed by atoms with van der Waals surface area (Å²) in [5, 5.41) is 0. The molecule has 0 N–H and O–H groups in total. The molecule has 0 aliphatic heterocycles. The standard InChI is InChI=1S/CH5B23S/c1-25(3)24-23-22-21-20-19-18-17-16-15-14-13-12-11-10-9-8-7-6-5-4-2/h2H2,1H3. The van der Waals surface area contributed by atoms with Gasteiger partial charge in [0, 0.05) is 0 Å². The third-order valence-corrected chi connectivity index (χ3v) is 3.07. The first-order valence-corrected chi connectivity index (χ1v) is 9.88. The van der Waals surface area contributed by atoms with Crippen molar-refractivity contribution in [2.75, 3.05) is 6.26 Å². The molecule has 0 nitrogen and oxygen atoms in total. The van der Waals surface area contributed by atoms with Crippen LogP contribution in [-0.2, 0) is 0 Å². The van der Waals surface area contributed by atoms with E-state index in [1.165, 1.54) is 0 Å². The summed E-state index contributed by atoms with van der Waals surface area (Å²) in [5.41, 5.74) is 0. The minimum atomic E-state index is -0.135. The van der Waals surface area contributed by atoms with Crippen molar-refractivity contribution in [3.05, 3.63) is 0 Å². The van der Waals surface area contributed by atoms with E-state index in [0.717, 1.165) is 0 Å². The Morgan fingerprint density at radius 1 is 0.480 bits per heavy atom. The van der Waals surface area contributed by atoms with Crippen LogP contribution in [0.1, 0.15) is 0 Å². The van der Waals surface area contributed by atoms with Crippen LogP contribution in [0.3, 0.4) is 0 Å². The normalized spacial score (nSPS) is 8.52. The van der Waals surface area contributed by atoms with Gasteiger partial charge < -0.3 is 0 Å².